The lowest BCUT2D eigenvalue weighted by Gasteiger charge is -2.20. The van der Waals surface area contributed by atoms with E-state index in [1.807, 2.05) is 0 Å². The molecule has 9 nitrogen and oxygen atoms in total. The first-order valence-electron chi connectivity index (χ1n) is 5.69. The minimum atomic E-state index is -1.50. The monoisotopic (exact) mass is 317 g/mol. The first kappa shape index (κ1) is 17.3. The summed E-state index contributed by atoms with van der Waals surface area (Å²) in [4.78, 5) is 11.7. The van der Waals surface area contributed by atoms with Gasteiger partial charge in [0.25, 0.3) is 0 Å². The zero-order valence-corrected chi connectivity index (χ0v) is 11.5. The minimum Gasteiger partial charge on any atom is -0.595 e. The van der Waals surface area contributed by atoms with Crippen molar-refractivity contribution in [3.63, 3.8) is 0 Å². The van der Waals surface area contributed by atoms with Crippen molar-refractivity contribution in [2.45, 2.75) is 12.8 Å². The lowest BCUT2D eigenvalue weighted by atomic mass is 9.98. The second kappa shape index (κ2) is 7.30. The molecule has 0 saturated carbocycles. The highest BCUT2D eigenvalue weighted by Crippen LogP contribution is 2.30. The zero-order valence-electron chi connectivity index (χ0n) is 10.8. The summed E-state index contributed by atoms with van der Waals surface area (Å²) in [6.07, 6.45) is 0. The van der Waals surface area contributed by atoms with Crippen LogP contribution < -0.4 is 10.5 Å². The molecule has 10 heteroatoms. The third kappa shape index (κ3) is 3.87. The van der Waals surface area contributed by atoms with Gasteiger partial charge < -0.3 is 15.2 Å². The van der Waals surface area contributed by atoms with Gasteiger partial charge in [0, 0.05) is 5.56 Å². The molecule has 1 aromatic rings. The summed E-state index contributed by atoms with van der Waals surface area (Å²) in [5, 5.41) is 46.1. The van der Waals surface area contributed by atoms with Crippen molar-refractivity contribution in [3.8, 4) is 6.07 Å². The van der Waals surface area contributed by atoms with Crippen molar-refractivity contribution in [1.29, 1.82) is 5.26 Å². The average molecular weight is 318 g/mol. The molecule has 4 N–H and O–H groups in total. The number of benzene rings is 1. The molecule has 3 atom stereocenters. The Morgan fingerprint density at radius 3 is 2.43 bits per heavy atom. The van der Waals surface area contributed by atoms with Crippen molar-refractivity contribution in [3.05, 3.63) is 33.1 Å². The summed E-state index contributed by atoms with van der Waals surface area (Å²) in [6.45, 7) is 1.55. The molecule has 1 rings (SSSR count). The molecule has 0 aliphatic carbocycles. The van der Waals surface area contributed by atoms with E-state index in [1.54, 1.807) is 6.07 Å². The Morgan fingerprint density at radius 2 is 2.00 bits per heavy atom. The lowest BCUT2D eigenvalue weighted by molar-refractivity contribution is -0.996. The van der Waals surface area contributed by atoms with E-state index < -0.39 is 33.7 Å². The van der Waals surface area contributed by atoms with Crippen LogP contribution in [-0.2, 0) is 9.53 Å². The van der Waals surface area contributed by atoms with Gasteiger partial charge in [-0.3, -0.25) is 4.79 Å². The second-order valence-electron chi connectivity index (χ2n) is 3.84. The summed E-state index contributed by atoms with van der Waals surface area (Å²) in [5.41, 5.74) is -1.13. The Kier molecular flexibility index (Phi) is 6.01. The fourth-order valence-electron chi connectivity index (χ4n) is 1.65. The van der Waals surface area contributed by atoms with E-state index in [1.165, 1.54) is 6.92 Å². The summed E-state index contributed by atoms with van der Waals surface area (Å²) < 4.78 is 4.69. The van der Waals surface area contributed by atoms with Crippen LogP contribution in [0, 0.1) is 21.7 Å². The molecule has 0 aromatic heterocycles. The fraction of sp³-hybridized carbons (Fsp3) is 0.273. The topological polar surface area (TPSA) is 146 Å². The van der Waals surface area contributed by atoms with Gasteiger partial charge in [0.1, 0.15) is 5.02 Å². The van der Waals surface area contributed by atoms with Crippen molar-refractivity contribution in [2.75, 3.05) is 6.61 Å². The van der Waals surface area contributed by atoms with Crippen LogP contribution in [-0.4, -0.2) is 23.0 Å². The minimum absolute atomic E-state index is 0.0142. The van der Waals surface area contributed by atoms with Gasteiger partial charge in [0.05, 0.1) is 18.7 Å². The lowest BCUT2D eigenvalue weighted by Crippen LogP contribution is -3.01. The highest BCUT2D eigenvalue weighted by Gasteiger charge is 2.30. The predicted molar refractivity (Wildman–Crippen MR) is 68.0 cm³/mol. The number of nitriles is 1. The van der Waals surface area contributed by atoms with Gasteiger partial charge in [-0.05, 0) is 13.0 Å². The molecule has 0 radical (unpaired) electrons. The highest BCUT2D eigenvalue weighted by atomic mass is 35.5. The summed E-state index contributed by atoms with van der Waals surface area (Å²) in [5.74, 6) is -2.43. The quantitative estimate of drug-likeness (QED) is 0.415. The maximum absolute atomic E-state index is 11.7. The van der Waals surface area contributed by atoms with Crippen LogP contribution in [0.1, 0.15) is 18.4 Å². The van der Waals surface area contributed by atoms with Gasteiger partial charge in [0.2, 0.25) is 0 Å². The smallest absolute Gasteiger partial charge is 0.328 e. The van der Waals surface area contributed by atoms with Crippen LogP contribution >= 0.6 is 11.6 Å². The molecule has 0 aliphatic heterocycles. The largest absolute Gasteiger partial charge is 0.595 e. The molecular formula is C11H12ClN3O6. The Balaban J connectivity index is 3.43. The summed E-state index contributed by atoms with van der Waals surface area (Å²) in [7, 11) is 0. The summed E-state index contributed by atoms with van der Waals surface area (Å²) in [6, 6.07) is 3.43. The summed E-state index contributed by atoms with van der Waals surface area (Å²) >= 11 is 5.75. The molecule has 0 spiro atoms. The number of rotatable bonds is 5. The van der Waals surface area contributed by atoms with Crippen LogP contribution in [0.2, 0.25) is 5.02 Å². The predicted octanol–water partition coefficient (Wildman–Crippen LogP) is -0.683. The molecule has 0 saturated heterocycles. The molecule has 0 amide bonds. The molecule has 1 aromatic carbocycles. The molecule has 0 fully saturated rings. The first-order valence-corrected chi connectivity index (χ1v) is 6.07. The average Bonchev–Trinajstić information content (AvgIpc) is 2.39. The van der Waals surface area contributed by atoms with Gasteiger partial charge in [-0.25, -0.2) is 10.4 Å². The van der Waals surface area contributed by atoms with Crippen LogP contribution in [0.3, 0.4) is 0 Å². The van der Waals surface area contributed by atoms with E-state index in [9.17, 15) is 15.2 Å². The Morgan fingerprint density at radius 1 is 1.43 bits per heavy atom. The number of esters is 1. The van der Waals surface area contributed by atoms with E-state index in [0.717, 1.165) is 12.1 Å². The number of hydrogen-bond acceptors (Lipinski definition) is 7. The highest BCUT2D eigenvalue weighted by molar-refractivity contribution is 6.32. The maximum Gasteiger partial charge on any atom is 0.328 e. The molecular weight excluding hydrogens is 306 g/mol. The molecule has 0 heterocycles. The third-order valence-corrected chi connectivity index (χ3v) is 2.88. The van der Waals surface area contributed by atoms with E-state index in [-0.39, 0.29) is 17.2 Å². The standard InChI is InChI=1S/C11H12ClN3O6/c1-2-21-11(16)7(5-13)6-3-8(12)10(15(19)20)4-9(6)14(17)18/h3-4,7,14-15,17,19H,2H2,1H3/t7-/m1/s1. The molecule has 0 bridgehead atoms. The van der Waals surface area contributed by atoms with E-state index >= 15 is 0 Å². The Hall–Kier alpha value is -1.77. The number of carbonyl (C=O) groups excluding carboxylic acids is 1. The van der Waals surface area contributed by atoms with Crippen LogP contribution in [0.25, 0.3) is 0 Å². The van der Waals surface area contributed by atoms with Gasteiger partial charge >= 0.3 is 5.97 Å². The molecule has 21 heavy (non-hydrogen) atoms. The normalized spacial score (nSPS) is 14.9. The number of nitrogens with zero attached hydrogens (tertiary/aromatic N) is 1. The molecule has 2 unspecified atom stereocenters. The zero-order chi connectivity index (χ0) is 16.2. The Labute approximate surface area is 124 Å². The maximum atomic E-state index is 11.7. The van der Waals surface area contributed by atoms with E-state index in [4.69, 9.17) is 27.3 Å². The first-order chi connectivity index (χ1) is 9.83. The van der Waals surface area contributed by atoms with E-state index in [0.29, 0.717) is 0 Å². The van der Waals surface area contributed by atoms with Crippen molar-refractivity contribution < 1.29 is 30.4 Å². The van der Waals surface area contributed by atoms with Gasteiger partial charge in [-0.15, -0.1) is 0 Å². The van der Waals surface area contributed by atoms with Crippen molar-refractivity contribution in [1.82, 2.24) is 0 Å². The third-order valence-electron chi connectivity index (χ3n) is 2.56. The van der Waals surface area contributed by atoms with Crippen molar-refractivity contribution >= 4 is 28.9 Å². The molecule has 0 aliphatic rings. The van der Waals surface area contributed by atoms with E-state index in [2.05, 4.69) is 4.74 Å². The number of halogens is 1. The number of carbonyl (C=O) groups is 1. The second-order valence-corrected chi connectivity index (χ2v) is 4.25. The van der Waals surface area contributed by atoms with Gasteiger partial charge in [0.15, 0.2) is 17.3 Å². The van der Waals surface area contributed by atoms with Crippen molar-refractivity contribution in [2.24, 2.45) is 0 Å². The number of hydrogen-bond donors (Lipinski definition) is 4. The van der Waals surface area contributed by atoms with Gasteiger partial charge in [-0.2, -0.15) is 15.7 Å². The number of ether oxygens (including phenoxy) is 1. The number of quaternary nitrogens is 2. The fourth-order valence-corrected chi connectivity index (χ4v) is 1.90. The Bertz CT molecular complexity index is 572. The number of nitrogens with one attached hydrogen (secondary N) is 2. The SMILES string of the molecule is CCOC(=O)[C@H](C#N)c1cc(Cl)c([NH+]([O-])O)cc1[NH+]([O-])O. The molecule has 114 valence electrons. The van der Waals surface area contributed by atoms with Crippen LogP contribution in [0.15, 0.2) is 12.1 Å². The van der Waals surface area contributed by atoms with Crippen LogP contribution in [0.5, 0.6) is 0 Å². The van der Waals surface area contributed by atoms with Crippen LogP contribution in [0.4, 0.5) is 11.4 Å². The van der Waals surface area contributed by atoms with Gasteiger partial charge in [-0.1, -0.05) is 11.6 Å².